The molecule has 0 fully saturated rings. The van der Waals surface area contributed by atoms with Crippen molar-refractivity contribution in [2.45, 2.75) is 13.5 Å². The van der Waals surface area contributed by atoms with Crippen LogP contribution in [0, 0.1) is 12.7 Å². The van der Waals surface area contributed by atoms with Crippen LogP contribution in [0.2, 0.25) is 0 Å². The summed E-state index contributed by atoms with van der Waals surface area (Å²) in [5, 5.41) is 5.45. The van der Waals surface area contributed by atoms with Gasteiger partial charge in [0.2, 0.25) is 0 Å². The lowest BCUT2D eigenvalue weighted by molar-refractivity contribution is -0.117. The third-order valence-corrected chi connectivity index (χ3v) is 4.28. The molecular weight excluding hydrogens is 367 g/mol. The smallest absolute Gasteiger partial charge is 0.268 e. The van der Waals surface area contributed by atoms with Crippen LogP contribution in [0.5, 0.6) is 0 Å². The molecule has 4 nitrogen and oxygen atoms in total. The molecule has 0 saturated heterocycles. The van der Waals surface area contributed by atoms with E-state index in [1.807, 2.05) is 37.3 Å². The van der Waals surface area contributed by atoms with Crippen molar-refractivity contribution in [3.8, 4) is 0 Å². The molecule has 0 spiro atoms. The van der Waals surface area contributed by atoms with Crippen molar-refractivity contribution in [2.24, 2.45) is 0 Å². The standard InChI is InChI=1S/C24H21FN2O2/c1-17-7-9-18(10-8-17)15-22(27-23(28)20-5-3-2-4-6-20)24(29)26-16-19-11-13-21(25)14-12-19/h2-15H,16H2,1H3,(H,26,29)(H,27,28)/b22-15+. The van der Waals surface area contributed by atoms with E-state index < -0.39 is 5.91 Å². The Labute approximate surface area is 169 Å². The second kappa shape index (κ2) is 9.46. The summed E-state index contributed by atoms with van der Waals surface area (Å²) < 4.78 is 13.0. The van der Waals surface area contributed by atoms with E-state index in [-0.39, 0.29) is 24.0 Å². The van der Waals surface area contributed by atoms with Gasteiger partial charge in [0, 0.05) is 12.1 Å². The highest BCUT2D eigenvalue weighted by Crippen LogP contribution is 2.10. The number of rotatable bonds is 6. The van der Waals surface area contributed by atoms with Crippen LogP contribution in [0.4, 0.5) is 4.39 Å². The summed E-state index contributed by atoms with van der Waals surface area (Å²) in [4.78, 5) is 25.3. The molecule has 146 valence electrons. The highest BCUT2D eigenvalue weighted by atomic mass is 19.1. The predicted octanol–water partition coefficient (Wildman–Crippen LogP) is 4.22. The fraction of sp³-hybridized carbons (Fsp3) is 0.0833. The van der Waals surface area contributed by atoms with Crippen molar-refractivity contribution < 1.29 is 14.0 Å². The Morgan fingerprint density at radius 1 is 0.897 bits per heavy atom. The quantitative estimate of drug-likeness (QED) is 0.621. The molecule has 3 rings (SSSR count). The number of hydrogen-bond donors (Lipinski definition) is 2. The average molecular weight is 388 g/mol. The zero-order valence-corrected chi connectivity index (χ0v) is 16.0. The summed E-state index contributed by atoms with van der Waals surface area (Å²) >= 11 is 0. The van der Waals surface area contributed by atoms with E-state index in [1.54, 1.807) is 42.5 Å². The molecule has 0 aliphatic carbocycles. The normalized spacial score (nSPS) is 11.0. The minimum Gasteiger partial charge on any atom is -0.347 e. The van der Waals surface area contributed by atoms with E-state index in [4.69, 9.17) is 0 Å². The Morgan fingerprint density at radius 3 is 2.21 bits per heavy atom. The van der Waals surface area contributed by atoms with Crippen LogP contribution < -0.4 is 10.6 Å². The number of carbonyl (C=O) groups is 2. The number of halogens is 1. The molecule has 0 saturated carbocycles. The number of hydrogen-bond acceptors (Lipinski definition) is 2. The van der Waals surface area contributed by atoms with Crippen molar-refractivity contribution in [1.29, 1.82) is 0 Å². The molecule has 3 aromatic carbocycles. The molecule has 0 unspecified atom stereocenters. The number of aryl methyl sites for hydroxylation is 1. The Bertz CT molecular complexity index is 1010. The number of benzene rings is 3. The van der Waals surface area contributed by atoms with Crippen LogP contribution in [0.1, 0.15) is 27.0 Å². The highest BCUT2D eigenvalue weighted by Gasteiger charge is 2.14. The van der Waals surface area contributed by atoms with Crippen LogP contribution >= 0.6 is 0 Å². The van der Waals surface area contributed by atoms with Gasteiger partial charge >= 0.3 is 0 Å². The van der Waals surface area contributed by atoms with Gasteiger partial charge in [0.05, 0.1) is 0 Å². The summed E-state index contributed by atoms with van der Waals surface area (Å²) in [6, 6.07) is 22.2. The molecule has 0 aliphatic rings. The first kappa shape index (κ1) is 20.0. The topological polar surface area (TPSA) is 58.2 Å². The van der Waals surface area contributed by atoms with E-state index in [9.17, 15) is 14.0 Å². The summed E-state index contributed by atoms with van der Waals surface area (Å²) in [5.41, 5.74) is 3.22. The second-order valence-electron chi connectivity index (χ2n) is 6.60. The molecule has 2 N–H and O–H groups in total. The van der Waals surface area contributed by atoms with Crippen molar-refractivity contribution in [3.05, 3.63) is 113 Å². The van der Waals surface area contributed by atoms with Gasteiger partial charge in [-0.25, -0.2) is 4.39 Å². The second-order valence-corrected chi connectivity index (χ2v) is 6.60. The van der Waals surface area contributed by atoms with Crippen molar-refractivity contribution in [2.75, 3.05) is 0 Å². The number of carbonyl (C=O) groups excluding carboxylic acids is 2. The molecule has 0 atom stereocenters. The van der Waals surface area contributed by atoms with Gasteiger partial charge in [0.25, 0.3) is 11.8 Å². The third kappa shape index (κ3) is 5.87. The maximum atomic E-state index is 13.0. The van der Waals surface area contributed by atoms with Gasteiger partial charge in [0.1, 0.15) is 11.5 Å². The maximum absolute atomic E-state index is 13.0. The lowest BCUT2D eigenvalue weighted by Crippen LogP contribution is -2.34. The largest absolute Gasteiger partial charge is 0.347 e. The van der Waals surface area contributed by atoms with Crippen molar-refractivity contribution >= 4 is 17.9 Å². The lowest BCUT2D eigenvalue weighted by Gasteiger charge is -2.11. The van der Waals surface area contributed by atoms with Crippen molar-refractivity contribution in [1.82, 2.24) is 10.6 Å². The van der Waals surface area contributed by atoms with Gasteiger partial charge in [-0.2, -0.15) is 0 Å². The molecule has 0 heterocycles. The van der Waals surface area contributed by atoms with Crippen LogP contribution in [-0.2, 0) is 11.3 Å². The van der Waals surface area contributed by atoms with E-state index in [0.717, 1.165) is 16.7 Å². The zero-order chi connectivity index (χ0) is 20.6. The summed E-state index contributed by atoms with van der Waals surface area (Å²) in [6.45, 7) is 2.19. The van der Waals surface area contributed by atoms with E-state index >= 15 is 0 Å². The number of nitrogens with one attached hydrogen (secondary N) is 2. The van der Waals surface area contributed by atoms with Crippen LogP contribution in [0.15, 0.2) is 84.6 Å². The fourth-order valence-corrected chi connectivity index (χ4v) is 2.65. The number of amides is 2. The Kier molecular flexibility index (Phi) is 6.53. The summed E-state index contributed by atoms with van der Waals surface area (Å²) in [5.74, 6) is -1.14. The third-order valence-electron chi connectivity index (χ3n) is 4.28. The van der Waals surface area contributed by atoms with Crippen LogP contribution in [0.25, 0.3) is 6.08 Å². The molecular formula is C24H21FN2O2. The van der Waals surface area contributed by atoms with Gasteiger partial charge in [0.15, 0.2) is 0 Å². The first-order chi connectivity index (χ1) is 14.0. The highest BCUT2D eigenvalue weighted by molar-refractivity contribution is 6.05. The molecule has 3 aromatic rings. The molecule has 0 bridgehead atoms. The maximum Gasteiger partial charge on any atom is 0.268 e. The Morgan fingerprint density at radius 2 is 1.55 bits per heavy atom. The van der Waals surface area contributed by atoms with Crippen molar-refractivity contribution in [3.63, 3.8) is 0 Å². The Hall–Kier alpha value is -3.73. The van der Waals surface area contributed by atoms with Gasteiger partial charge in [-0.15, -0.1) is 0 Å². The zero-order valence-electron chi connectivity index (χ0n) is 16.0. The van der Waals surface area contributed by atoms with Crippen LogP contribution in [-0.4, -0.2) is 11.8 Å². The van der Waals surface area contributed by atoms with E-state index in [0.29, 0.717) is 5.56 Å². The minimum absolute atomic E-state index is 0.129. The van der Waals surface area contributed by atoms with Gasteiger partial charge in [-0.1, -0.05) is 60.2 Å². The average Bonchev–Trinajstić information content (AvgIpc) is 2.74. The SMILES string of the molecule is Cc1ccc(/C=C(/NC(=O)c2ccccc2)C(=O)NCc2ccc(F)cc2)cc1. The Balaban J connectivity index is 1.79. The van der Waals surface area contributed by atoms with Gasteiger partial charge in [-0.3, -0.25) is 9.59 Å². The van der Waals surface area contributed by atoms with E-state index in [1.165, 1.54) is 12.1 Å². The molecule has 2 amide bonds. The molecule has 0 radical (unpaired) electrons. The van der Waals surface area contributed by atoms with Gasteiger partial charge < -0.3 is 10.6 Å². The first-order valence-electron chi connectivity index (χ1n) is 9.19. The molecule has 29 heavy (non-hydrogen) atoms. The lowest BCUT2D eigenvalue weighted by atomic mass is 10.1. The molecule has 0 aliphatic heterocycles. The predicted molar refractivity (Wildman–Crippen MR) is 111 cm³/mol. The monoisotopic (exact) mass is 388 g/mol. The first-order valence-corrected chi connectivity index (χ1v) is 9.19. The minimum atomic E-state index is -0.431. The fourth-order valence-electron chi connectivity index (χ4n) is 2.65. The van der Waals surface area contributed by atoms with Gasteiger partial charge in [-0.05, 0) is 48.4 Å². The molecule has 5 heteroatoms. The summed E-state index contributed by atoms with van der Waals surface area (Å²) in [6.07, 6.45) is 1.63. The van der Waals surface area contributed by atoms with E-state index in [2.05, 4.69) is 10.6 Å². The van der Waals surface area contributed by atoms with Crippen LogP contribution in [0.3, 0.4) is 0 Å². The summed E-state index contributed by atoms with van der Waals surface area (Å²) in [7, 11) is 0. The molecule has 0 aromatic heterocycles.